The third-order valence-electron chi connectivity index (χ3n) is 5.78. The van der Waals surface area contributed by atoms with Crippen LogP contribution in [-0.4, -0.2) is 49.4 Å². The molecule has 0 radical (unpaired) electrons. The van der Waals surface area contributed by atoms with E-state index in [9.17, 15) is 18.0 Å². The van der Waals surface area contributed by atoms with E-state index in [-0.39, 0.29) is 34.8 Å². The number of hydrogen-bond donors (Lipinski definition) is 3. The van der Waals surface area contributed by atoms with Crippen LogP contribution in [0.1, 0.15) is 67.3 Å². The van der Waals surface area contributed by atoms with E-state index in [0.29, 0.717) is 10.4 Å². The lowest BCUT2D eigenvalue weighted by Gasteiger charge is -2.26. The van der Waals surface area contributed by atoms with Crippen molar-refractivity contribution in [2.45, 2.75) is 91.0 Å². The Morgan fingerprint density at radius 2 is 1.66 bits per heavy atom. The van der Waals surface area contributed by atoms with Crippen LogP contribution in [0.2, 0.25) is 0 Å². The Kier molecular flexibility index (Phi) is 10.0. The number of nitrogens with one attached hydrogen (secondary N) is 3. The predicted molar refractivity (Wildman–Crippen MR) is 162 cm³/mol. The van der Waals surface area contributed by atoms with E-state index in [0.717, 1.165) is 16.2 Å². The first-order chi connectivity index (χ1) is 18.9. The highest BCUT2D eigenvalue weighted by atomic mass is 32.2. The zero-order valence-corrected chi connectivity index (χ0v) is 26.6. The van der Waals surface area contributed by atoms with Crippen LogP contribution in [0.3, 0.4) is 0 Å². The Morgan fingerprint density at radius 3 is 2.27 bits per heavy atom. The van der Waals surface area contributed by atoms with Gasteiger partial charge in [0.25, 0.3) is 0 Å². The van der Waals surface area contributed by atoms with Crippen molar-refractivity contribution in [3.8, 4) is 10.4 Å². The maximum absolute atomic E-state index is 13.5. The fourth-order valence-electron chi connectivity index (χ4n) is 4.17. The Labute approximate surface area is 246 Å². The number of nitrogens with zero attached hydrogens (tertiary/aromatic N) is 1. The molecule has 0 bridgehead atoms. The predicted octanol–water partition coefficient (Wildman–Crippen LogP) is 6.33. The van der Waals surface area contributed by atoms with E-state index in [1.54, 1.807) is 66.8 Å². The zero-order valence-electron chi connectivity index (χ0n) is 25.0. The summed E-state index contributed by atoms with van der Waals surface area (Å²) in [7, 11) is -3.98. The summed E-state index contributed by atoms with van der Waals surface area (Å²) in [5.74, 6) is -0.0244. The van der Waals surface area contributed by atoms with Gasteiger partial charge in [-0.05, 0) is 79.0 Å². The lowest BCUT2D eigenvalue weighted by atomic mass is 9.88. The molecule has 0 fully saturated rings. The van der Waals surface area contributed by atoms with Crippen molar-refractivity contribution < 1.29 is 27.5 Å². The maximum atomic E-state index is 13.5. The van der Waals surface area contributed by atoms with Crippen molar-refractivity contribution in [3.63, 3.8) is 0 Å². The van der Waals surface area contributed by atoms with E-state index in [1.165, 1.54) is 17.4 Å². The summed E-state index contributed by atoms with van der Waals surface area (Å²) in [6.07, 6.45) is 3.98. The molecule has 0 spiro atoms. The van der Waals surface area contributed by atoms with Crippen molar-refractivity contribution in [1.82, 2.24) is 15.0 Å². The number of allylic oxidation sites excluding steroid dienone is 2. The van der Waals surface area contributed by atoms with Crippen molar-refractivity contribution in [1.29, 1.82) is 0 Å². The fraction of sp³-hybridized carbons (Fsp3) is 0.483. The highest BCUT2D eigenvalue weighted by molar-refractivity contribution is 7.89. The van der Waals surface area contributed by atoms with E-state index in [4.69, 9.17) is 9.47 Å². The summed E-state index contributed by atoms with van der Waals surface area (Å²) in [6.45, 7) is 16.3. The van der Waals surface area contributed by atoms with E-state index in [1.807, 2.05) is 26.0 Å². The van der Waals surface area contributed by atoms with Gasteiger partial charge in [-0.15, -0.1) is 11.3 Å². The van der Waals surface area contributed by atoms with Gasteiger partial charge in [0.2, 0.25) is 10.0 Å². The SMILES string of the molecule is CC1=CC(NC(=O)OC(C)C)C(C)C=C1c1ncc(-c2ccc(NC(=O)OC(C)C)cc2S(=O)(=O)NC(C)(C)C)s1. The number of aromatic nitrogens is 1. The van der Waals surface area contributed by atoms with E-state index >= 15 is 0 Å². The van der Waals surface area contributed by atoms with Crippen LogP contribution in [0.5, 0.6) is 0 Å². The normalized spacial score (nSPS) is 17.6. The van der Waals surface area contributed by atoms with Gasteiger partial charge in [-0.3, -0.25) is 5.32 Å². The number of carbonyl (C=O) groups is 2. The van der Waals surface area contributed by atoms with Crippen molar-refractivity contribution in [2.75, 3.05) is 5.32 Å². The molecule has 224 valence electrons. The number of ether oxygens (including phenoxy) is 2. The number of thiazole rings is 1. The summed E-state index contributed by atoms with van der Waals surface area (Å²) >= 11 is 1.36. The van der Waals surface area contributed by atoms with Gasteiger partial charge in [-0.1, -0.05) is 25.1 Å². The molecule has 2 atom stereocenters. The summed E-state index contributed by atoms with van der Waals surface area (Å²) in [4.78, 5) is 29.6. The monoisotopic (exact) mass is 604 g/mol. The highest BCUT2D eigenvalue weighted by Crippen LogP contribution is 2.39. The van der Waals surface area contributed by atoms with Crippen LogP contribution < -0.4 is 15.4 Å². The molecule has 1 aliphatic carbocycles. The van der Waals surface area contributed by atoms with Gasteiger partial charge >= 0.3 is 12.2 Å². The van der Waals surface area contributed by atoms with E-state index < -0.39 is 27.7 Å². The second-order valence-electron chi connectivity index (χ2n) is 11.6. The number of rotatable bonds is 8. The molecule has 12 heteroatoms. The molecule has 1 aromatic heterocycles. The van der Waals surface area contributed by atoms with Crippen LogP contribution in [0.4, 0.5) is 15.3 Å². The second-order valence-corrected chi connectivity index (χ2v) is 14.3. The molecule has 2 unspecified atom stereocenters. The van der Waals surface area contributed by atoms with Gasteiger partial charge in [-0.2, -0.15) is 0 Å². The third-order valence-corrected chi connectivity index (χ3v) is 8.64. The summed E-state index contributed by atoms with van der Waals surface area (Å²) in [5.41, 5.74) is 1.86. The number of anilines is 1. The summed E-state index contributed by atoms with van der Waals surface area (Å²) in [6, 6.07) is 4.48. The third kappa shape index (κ3) is 8.88. The first-order valence-electron chi connectivity index (χ1n) is 13.4. The van der Waals surface area contributed by atoms with Crippen LogP contribution in [0, 0.1) is 5.92 Å². The van der Waals surface area contributed by atoms with Crippen LogP contribution in [0.25, 0.3) is 16.0 Å². The topological polar surface area (TPSA) is 136 Å². The Hall–Kier alpha value is -3.22. The molecule has 2 aromatic rings. The number of alkyl carbamates (subject to hydrolysis) is 1. The lowest BCUT2D eigenvalue weighted by Crippen LogP contribution is -2.40. The van der Waals surface area contributed by atoms with Gasteiger partial charge < -0.3 is 14.8 Å². The first-order valence-corrected chi connectivity index (χ1v) is 15.7. The summed E-state index contributed by atoms with van der Waals surface area (Å²) < 4.78 is 40.1. The van der Waals surface area contributed by atoms with Crippen LogP contribution >= 0.6 is 11.3 Å². The van der Waals surface area contributed by atoms with Crippen LogP contribution in [-0.2, 0) is 19.5 Å². The Balaban J connectivity index is 1.96. The number of amides is 2. The minimum Gasteiger partial charge on any atom is -0.447 e. The largest absolute Gasteiger partial charge is 0.447 e. The number of benzene rings is 1. The first kappa shape index (κ1) is 32.3. The van der Waals surface area contributed by atoms with E-state index in [2.05, 4.69) is 20.3 Å². The van der Waals surface area contributed by atoms with Gasteiger partial charge in [0.15, 0.2) is 0 Å². The highest BCUT2D eigenvalue weighted by Gasteiger charge is 2.28. The second kappa shape index (κ2) is 12.7. The van der Waals surface area contributed by atoms with Crippen molar-refractivity contribution in [2.24, 2.45) is 5.92 Å². The van der Waals surface area contributed by atoms with Gasteiger partial charge in [-0.25, -0.2) is 27.7 Å². The number of carbonyl (C=O) groups excluding carboxylic acids is 2. The smallest absolute Gasteiger partial charge is 0.411 e. The minimum atomic E-state index is -3.98. The molecule has 3 rings (SSSR count). The molecular formula is C29H40N4O6S2. The molecule has 2 amide bonds. The quantitative estimate of drug-likeness (QED) is 0.321. The molecular weight excluding hydrogens is 564 g/mol. The van der Waals surface area contributed by atoms with Crippen molar-refractivity contribution >= 4 is 44.8 Å². The summed E-state index contributed by atoms with van der Waals surface area (Å²) in [5, 5.41) is 6.22. The average molecular weight is 605 g/mol. The number of hydrogen-bond acceptors (Lipinski definition) is 8. The molecule has 3 N–H and O–H groups in total. The zero-order chi connectivity index (χ0) is 30.7. The average Bonchev–Trinajstić information content (AvgIpc) is 3.28. The standard InChI is InChI=1S/C29H40N4O6S2/c1-16(2)38-27(34)31-20-10-11-21(25(14-20)41(36,37)33-29(7,8)9)24-15-30-26(40-24)22-12-19(6)23(13-18(22)5)32-28(35)39-17(3)4/h10-17,19,23,33H,1-9H3,(H,31,34)(H,32,35). The maximum Gasteiger partial charge on any atom is 0.411 e. The Bertz CT molecular complexity index is 1450. The molecule has 1 aromatic carbocycles. The fourth-order valence-corrected chi connectivity index (χ4v) is 6.95. The van der Waals surface area contributed by atoms with Crippen LogP contribution in [0.15, 0.2) is 47.0 Å². The number of sulfonamides is 1. The van der Waals surface area contributed by atoms with Crippen molar-refractivity contribution in [3.05, 3.63) is 47.1 Å². The van der Waals surface area contributed by atoms with Gasteiger partial charge in [0.1, 0.15) is 5.01 Å². The van der Waals surface area contributed by atoms with Gasteiger partial charge in [0.05, 0.1) is 28.0 Å². The molecule has 1 heterocycles. The van der Waals surface area contributed by atoms with Gasteiger partial charge in [0, 0.05) is 28.6 Å². The molecule has 0 aliphatic heterocycles. The molecule has 0 saturated heterocycles. The Morgan fingerprint density at radius 1 is 1.02 bits per heavy atom. The molecule has 10 nitrogen and oxygen atoms in total. The lowest BCUT2D eigenvalue weighted by molar-refractivity contribution is 0.112. The molecule has 41 heavy (non-hydrogen) atoms. The molecule has 0 saturated carbocycles. The molecule has 1 aliphatic rings. The minimum absolute atomic E-state index is 0.0103.